The van der Waals surface area contributed by atoms with E-state index in [0.29, 0.717) is 31.5 Å². The normalized spacial score (nSPS) is 14.8. The van der Waals surface area contributed by atoms with Crippen LogP contribution >= 0.6 is 0 Å². The van der Waals surface area contributed by atoms with Gasteiger partial charge in [0, 0.05) is 35.7 Å². The third-order valence-electron chi connectivity index (χ3n) is 5.97. The van der Waals surface area contributed by atoms with Gasteiger partial charge in [0.1, 0.15) is 5.75 Å². The number of hydrogen-bond donors (Lipinski definition) is 0. The molecule has 3 aromatic carbocycles. The van der Waals surface area contributed by atoms with Crippen LogP contribution in [0.2, 0.25) is 0 Å². The number of ether oxygens (including phenoxy) is 1. The maximum atomic E-state index is 13.6. The number of nitrogens with zero attached hydrogens (tertiary/aromatic N) is 1. The second-order valence-corrected chi connectivity index (χ2v) is 7.96. The van der Waals surface area contributed by atoms with E-state index >= 15 is 0 Å². The van der Waals surface area contributed by atoms with E-state index in [2.05, 4.69) is 0 Å². The molecule has 0 atom stereocenters. The molecule has 1 saturated heterocycles. The molecule has 32 heavy (non-hydrogen) atoms. The number of carbonyl (C=O) groups excluding carboxylic acids is 2. The smallest absolute Gasteiger partial charge is 0.254 e. The van der Waals surface area contributed by atoms with Crippen LogP contribution in [0.5, 0.6) is 5.75 Å². The van der Waals surface area contributed by atoms with Gasteiger partial charge in [0.2, 0.25) is 0 Å². The maximum absolute atomic E-state index is 13.6. The Morgan fingerprint density at radius 1 is 0.812 bits per heavy atom. The lowest BCUT2D eigenvalue weighted by Gasteiger charge is -2.32. The summed E-state index contributed by atoms with van der Waals surface area (Å²) in [6, 6.07) is 26.8. The minimum absolute atomic E-state index is 0.0206. The van der Waals surface area contributed by atoms with Crippen molar-refractivity contribution >= 4 is 23.3 Å². The van der Waals surface area contributed by atoms with Crippen molar-refractivity contribution in [2.75, 3.05) is 20.2 Å². The van der Waals surface area contributed by atoms with Gasteiger partial charge in [-0.15, -0.1) is 0 Å². The summed E-state index contributed by atoms with van der Waals surface area (Å²) in [6.07, 6.45) is 3.25. The molecular formula is C28H27NO3. The van der Waals surface area contributed by atoms with Crippen molar-refractivity contribution in [1.29, 1.82) is 0 Å². The number of Topliss-reactive ketones (excluding diaryl/α,β-unsaturated/α-hetero) is 1. The Bertz CT molecular complexity index is 1100. The highest BCUT2D eigenvalue weighted by Crippen LogP contribution is 2.28. The number of likely N-dealkylation sites (tertiary alicyclic amines) is 1. The first-order valence-electron chi connectivity index (χ1n) is 11.0. The molecule has 0 aromatic heterocycles. The summed E-state index contributed by atoms with van der Waals surface area (Å²) >= 11 is 0. The Morgan fingerprint density at radius 3 is 2.00 bits per heavy atom. The van der Waals surface area contributed by atoms with Gasteiger partial charge in [-0.2, -0.15) is 0 Å². The molecule has 1 aliphatic rings. The lowest BCUT2D eigenvalue weighted by atomic mass is 9.88. The Kier molecular flexibility index (Phi) is 6.81. The largest absolute Gasteiger partial charge is 0.496 e. The van der Waals surface area contributed by atoms with Crippen molar-refractivity contribution in [3.8, 4) is 5.75 Å². The number of benzene rings is 3. The summed E-state index contributed by atoms with van der Waals surface area (Å²) in [6.45, 7) is 1.14. The fourth-order valence-corrected chi connectivity index (χ4v) is 4.18. The van der Waals surface area contributed by atoms with Crippen LogP contribution < -0.4 is 4.74 Å². The van der Waals surface area contributed by atoms with E-state index in [1.165, 1.54) is 0 Å². The molecule has 162 valence electrons. The molecule has 1 amide bonds. The number of ketones is 1. The number of rotatable bonds is 6. The molecule has 0 unspecified atom stereocenters. The van der Waals surface area contributed by atoms with Gasteiger partial charge in [0.05, 0.1) is 7.11 Å². The fraction of sp³-hybridized carbons (Fsp3) is 0.214. The highest BCUT2D eigenvalue weighted by atomic mass is 16.5. The number of para-hydroxylation sites is 1. The van der Waals surface area contributed by atoms with Crippen LogP contribution in [0, 0.1) is 5.92 Å². The second-order valence-electron chi connectivity index (χ2n) is 7.96. The number of amides is 1. The van der Waals surface area contributed by atoms with Gasteiger partial charge in [-0.3, -0.25) is 9.59 Å². The van der Waals surface area contributed by atoms with Gasteiger partial charge in [-0.05, 0) is 30.5 Å². The summed E-state index contributed by atoms with van der Waals surface area (Å²) in [5, 5.41) is 0. The molecule has 0 aliphatic carbocycles. The summed E-state index contributed by atoms with van der Waals surface area (Å²) in [4.78, 5) is 28.3. The van der Waals surface area contributed by atoms with Crippen LogP contribution in [0.25, 0.3) is 11.6 Å². The van der Waals surface area contributed by atoms with Crippen LogP contribution in [0.4, 0.5) is 0 Å². The molecule has 1 fully saturated rings. The summed E-state index contributed by atoms with van der Waals surface area (Å²) in [7, 11) is 1.63. The number of hydrogen-bond acceptors (Lipinski definition) is 3. The van der Waals surface area contributed by atoms with Crippen LogP contribution in [0.3, 0.4) is 0 Å². The SMILES string of the molecule is COc1ccccc1/C=C(/C(=O)N1CCC(C(=O)c2ccccc2)CC1)c1ccccc1. The lowest BCUT2D eigenvalue weighted by Crippen LogP contribution is -2.40. The predicted molar refractivity (Wildman–Crippen MR) is 127 cm³/mol. The van der Waals surface area contributed by atoms with Crippen LogP contribution in [-0.2, 0) is 4.79 Å². The maximum Gasteiger partial charge on any atom is 0.254 e. The Labute approximate surface area is 189 Å². The minimum Gasteiger partial charge on any atom is -0.496 e. The first kappa shape index (κ1) is 21.6. The van der Waals surface area contributed by atoms with E-state index in [1.54, 1.807) is 7.11 Å². The molecule has 4 rings (SSSR count). The molecule has 4 nitrogen and oxygen atoms in total. The molecule has 0 N–H and O–H groups in total. The van der Waals surface area contributed by atoms with E-state index in [4.69, 9.17) is 4.74 Å². The van der Waals surface area contributed by atoms with Gasteiger partial charge >= 0.3 is 0 Å². The standard InChI is InChI=1S/C28H27NO3/c1-32-26-15-9-8-14-24(26)20-25(21-10-4-2-5-11-21)28(31)29-18-16-23(17-19-29)27(30)22-12-6-3-7-13-22/h2-15,20,23H,16-19H2,1H3/b25-20+. The van der Waals surface area contributed by atoms with E-state index in [9.17, 15) is 9.59 Å². The Balaban J connectivity index is 1.55. The first-order chi connectivity index (χ1) is 15.7. The topological polar surface area (TPSA) is 46.6 Å². The molecule has 0 radical (unpaired) electrons. The van der Waals surface area contributed by atoms with Crippen LogP contribution in [0.15, 0.2) is 84.9 Å². The van der Waals surface area contributed by atoms with Crippen molar-refractivity contribution < 1.29 is 14.3 Å². The molecule has 1 heterocycles. The van der Waals surface area contributed by atoms with E-state index in [1.807, 2.05) is 95.9 Å². The molecule has 3 aromatic rings. The molecule has 0 saturated carbocycles. The van der Waals surface area contributed by atoms with Gasteiger partial charge in [0.25, 0.3) is 5.91 Å². The second kappa shape index (κ2) is 10.1. The van der Waals surface area contributed by atoms with E-state index < -0.39 is 0 Å². The molecule has 0 spiro atoms. The lowest BCUT2D eigenvalue weighted by molar-refractivity contribution is -0.126. The van der Waals surface area contributed by atoms with E-state index in [0.717, 1.165) is 22.4 Å². The summed E-state index contributed by atoms with van der Waals surface area (Å²) in [5.41, 5.74) is 3.10. The zero-order chi connectivity index (χ0) is 22.3. The zero-order valence-electron chi connectivity index (χ0n) is 18.2. The first-order valence-corrected chi connectivity index (χ1v) is 11.0. The third-order valence-corrected chi connectivity index (χ3v) is 5.97. The highest BCUT2D eigenvalue weighted by Gasteiger charge is 2.29. The van der Waals surface area contributed by atoms with Crippen molar-refractivity contribution in [3.05, 3.63) is 102 Å². The highest BCUT2D eigenvalue weighted by molar-refractivity contribution is 6.24. The number of piperidine rings is 1. The Morgan fingerprint density at radius 2 is 1.38 bits per heavy atom. The molecule has 4 heteroatoms. The molecular weight excluding hydrogens is 398 g/mol. The van der Waals surface area contributed by atoms with Crippen molar-refractivity contribution in [1.82, 2.24) is 4.90 Å². The third kappa shape index (κ3) is 4.80. The van der Waals surface area contributed by atoms with Gasteiger partial charge in [-0.25, -0.2) is 0 Å². The molecule has 1 aliphatic heterocycles. The predicted octanol–water partition coefficient (Wildman–Crippen LogP) is 5.36. The van der Waals surface area contributed by atoms with Crippen LogP contribution in [-0.4, -0.2) is 36.8 Å². The average Bonchev–Trinajstić information content (AvgIpc) is 2.88. The van der Waals surface area contributed by atoms with Crippen LogP contribution in [0.1, 0.15) is 34.3 Å². The van der Waals surface area contributed by atoms with Gasteiger partial charge in [-0.1, -0.05) is 78.9 Å². The molecule has 0 bridgehead atoms. The zero-order valence-corrected chi connectivity index (χ0v) is 18.2. The monoisotopic (exact) mass is 425 g/mol. The quantitative estimate of drug-likeness (QED) is 0.304. The number of carbonyl (C=O) groups is 2. The van der Waals surface area contributed by atoms with Crippen molar-refractivity contribution in [3.63, 3.8) is 0 Å². The minimum atomic E-state index is -0.0418. The average molecular weight is 426 g/mol. The summed E-state index contributed by atoms with van der Waals surface area (Å²) < 4.78 is 5.48. The Hall–Kier alpha value is -3.66. The number of methoxy groups -OCH3 is 1. The van der Waals surface area contributed by atoms with Crippen molar-refractivity contribution in [2.45, 2.75) is 12.8 Å². The van der Waals surface area contributed by atoms with Crippen molar-refractivity contribution in [2.24, 2.45) is 5.92 Å². The van der Waals surface area contributed by atoms with Gasteiger partial charge in [0.15, 0.2) is 5.78 Å². The summed E-state index contributed by atoms with van der Waals surface area (Å²) in [5.74, 6) is 0.832. The fourth-order valence-electron chi connectivity index (χ4n) is 4.18. The van der Waals surface area contributed by atoms with E-state index in [-0.39, 0.29) is 17.6 Å². The van der Waals surface area contributed by atoms with Gasteiger partial charge < -0.3 is 9.64 Å².